The van der Waals surface area contributed by atoms with E-state index in [0.29, 0.717) is 0 Å². The van der Waals surface area contributed by atoms with Crippen molar-refractivity contribution >= 4 is 34.9 Å². The Hall–Kier alpha value is -7.44. The highest BCUT2D eigenvalue weighted by atomic mass is 16.2. The molecule has 0 saturated carbocycles. The summed E-state index contributed by atoms with van der Waals surface area (Å²) in [4.78, 5) is 50.0. The largest absolute Gasteiger partial charge is 0.273 e. The Balaban J connectivity index is 1.40. The highest BCUT2D eigenvalue weighted by molar-refractivity contribution is 6.08. The topological polar surface area (TPSA) is 88.3 Å². The van der Waals surface area contributed by atoms with Gasteiger partial charge in [-0.15, -0.1) is 0 Å². The van der Waals surface area contributed by atoms with Gasteiger partial charge in [0.2, 0.25) is 17.7 Å². The van der Waals surface area contributed by atoms with Crippen molar-refractivity contribution < 1.29 is 14.4 Å². The molecule has 0 saturated heterocycles. The van der Waals surface area contributed by atoms with Crippen molar-refractivity contribution in [3.63, 3.8) is 0 Å². The van der Waals surface area contributed by atoms with Crippen molar-refractivity contribution in [1.29, 1.82) is 0 Å². The fraction of sp³-hybridized carbons (Fsp3) is 0.484. The second-order valence-corrected chi connectivity index (χ2v) is 30.0. The van der Waals surface area contributed by atoms with Gasteiger partial charge in [-0.05, 0) is 194 Å². The molecule has 7 aromatic rings. The first kappa shape index (κ1) is 74.3. The second kappa shape index (κ2) is 34.3. The lowest BCUT2D eigenvalue weighted by molar-refractivity contribution is -0.116. The number of fused-ring (bicyclic) bond motifs is 12. The molecule has 0 atom stereocenters. The number of carbonyl (C=O) groups excluding carboxylic acids is 3. The highest BCUT2D eigenvalue weighted by Gasteiger charge is 2.58. The summed E-state index contributed by atoms with van der Waals surface area (Å²) in [5.41, 5.74) is 30.3. The van der Waals surface area contributed by atoms with E-state index in [4.69, 9.17) is 0 Å². The molecule has 0 heterocycles. The smallest absolute Gasteiger partial charge is 0.242 e. The van der Waals surface area contributed by atoms with Crippen molar-refractivity contribution in [2.75, 3.05) is 0 Å². The minimum absolute atomic E-state index is 0.178. The van der Waals surface area contributed by atoms with E-state index in [1.54, 1.807) is 33.4 Å². The highest BCUT2D eigenvalue weighted by Crippen LogP contribution is 2.72. The van der Waals surface area contributed by atoms with Crippen molar-refractivity contribution in [2.45, 2.75) is 292 Å². The van der Waals surface area contributed by atoms with E-state index in [9.17, 15) is 14.4 Å². The number of amides is 3. The Morgan fingerprint density at radius 3 is 0.657 bits per heavy atom. The molecule has 0 radical (unpaired) electrons. The normalized spacial score (nSPS) is 14.6. The lowest BCUT2D eigenvalue weighted by Crippen LogP contribution is -2.31. The molecule has 522 valence electrons. The van der Waals surface area contributed by atoms with Gasteiger partial charge in [0.1, 0.15) is 0 Å². The molecule has 3 amide bonds. The number of hydrogen-bond donors (Lipinski definition) is 0. The Kier molecular flexibility index (Phi) is 25.7. The maximum atomic E-state index is 12.3. The van der Waals surface area contributed by atoms with Crippen LogP contribution in [-0.2, 0) is 30.6 Å². The number of rotatable bonds is 36. The summed E-state index contributed by atoms with van der Waals surface area (Å²) in [5.74, 6) is -0.535. The van der Waals surface area contributed by atoms with E-state index in [0.717, 1.165) is 72.4 Å². The van der Waals surface area contributed by atoms with Gasteiger partial charge in [-0.1, -0.05) is 305 Å². The van der Waals surface area contributed by atoms with Crippen LogP contribution in [0.1, 0.15) is 326 Å². The van der Waals surface area contributed by atoms with E-state index in [2.05, 4.69) is 184 Å². The molecule has 0 unspecified atom stereocenters. The zero-order valence-corrected chi connectivity index (χ0v) is 62.9. The number of hydrogen-bond acceptors (Lipinski definition) is 3. The lowest BCUT2D eigenvalue weighted by Gasteiger charge is -2.40. The molecule has 6 nitrogen and oxygen atoms in total. The standard InChI is InChI=1S/C93H117N3O3/c1-13-19-25-31-55-91(56-32-26-20-14-2)82-61-76(73-43-37-70(38-44-73)64(7)94-67(10)97)49-52-79(82)85-88(91)86-80-53-50-77(74-45-39-71(40-46-74)65(8)95-68(11)98)62-83(80)92(57-33-27-21-15-3,58-34-28-22-16-4)90(86)87-81-54-51-78(75-47-41-72(42-48-75)66(9)96-69(12)99)63-84(81)93(89(85)87,59-35-29-23-17-5)60-36-30-24-18-6/h37-54,61-63H,13-36,55-60H2,1-12H3/b94-64+,95-65+,96-66+. The van der Waals surface area contributed by atoms with Crippen LogP contribution in [0.25, 0.3) is 66.8 Å². The molecule has 0 spiro atoms. The fourth-order valence-corrected chi connectivity index (χ4v) is 18.1. The van der Waals surface area contributed by atoms with Gasteiger partial charge in [0, 0.05) is 54.2 Å². The van der Waals surface area contributed by atoms with E-state index >= 15 is 0 Å². The maximum Gasteiger partial charge on any atom is 0.242 e. The van der Waals surface area contributed by atoms with Crippen molar-refractivity contribution in [1.82, 2.24) is 0 Å². The Morgan fingerprint density at radius 1 is 0.263 bits per heavy atom. The van der Waals surface area contributed by atoms with Gasteiger partial charge in [-0.3, -0.25) is 14.4 Å². The minimum atomic E-state index is -0.279. The number of nitrogens with zero attached hydrogens (tertiary/aromatic N) is 3. The number of benzene rings is 7. The fourth-order valence-electron chi connectivity index (χ4n) is 18.1. The monoisotopic (exact) mass is 1320 g/mol. The summed E-state index contributed by atoms with van der Waals surface area (Å²) >= 11 is 0. The molecule has 0 bridgehead atoms. The van der Waals surface area contributed by atoms with Gasteiger partial charge in [0.15, 0.2) is 0 Å². The Bertz CT molecular complexity index is 3590. The van der Waals surface area contributed by atoms with Crippen molar-refractivity contribution in [2.24, 2.45) is 15.0 Å². The first-order valence-corrected chi connectivity index (χ1v) is 39.2. The summed E-state index contributed by atoms with van der Waals surface area (Å²) in [6.45, 7) is 24.7. The first-order chi connectivity index (χ1) is 48.0. The third-order valence-corrected chi connectivity index (χ3v) is 23.0. The third kappa shape index (κ3) is 15.9. The molecular formula is C93H117N3O3. The van der Waals surface area contributed by atoms with Crippen LogP contribution in [0.15, 0.2) is 142 Å². The number of aliphatic imine (C=N–C) groups is 3. The van der Waals surface area contributed by atoms with Crippen molar-refractivity contribution in [3.8, 4) is 66.8 Å². The molecule has 0 aromatic heterocycles. The van der Waals surface area contributed by atoms with Gasteiger partial charge in [-0.2, -0.15) is 0 Å². The zero-order valence-electron chi connectivity index (χ0n) is 62.9. The molecule has 7 aromatic carbocycles. The van der Waals surface area contributed by atoms with Crippen LogP contribution in [0.4, 0.5) is 0 Å². The Morgan fingerprint density at radius 2 is 0.465 bits per heavy atom. The molecular weight excluding hydrogens is 1210 g/mol. The van der Waals surface area contributed by atoms with E-state index < -0.39 is 0 Å². The van der Waals surface area contributed by atoms with Crippen LogP contribution < -0.4 is 0 Å². The average molecular weight is 1320 g/mol. The summed E-state index contributed by atoms with van der Waals surface area (Å²) in [7, 11) is 0. The van der Waals surface area contributed by atoms with Crippen LogP contribution in [0.2, 0.25) is 0 Å². The van der Waals surface area contributed by atoms with Gasteiger partial charge < -0.3 is 0 Å². The molecule has 0 fully saturated rings. The summed E-state index contributed by atoms with van der Waals surface area (Å²) in [5, 5.41) is 0. The second-order valence-electron chi connectivity index (χ2n) is 30.0. The SMILES string of the molecule is CCCCCCC1(CCCCCC)c2cc(-c3ccc(/C(C)=N/C(C)=O)cc3)ccc2-c2c1c1c(c3c2C(CCCCCC)(CCCCCC)c2cc(-c4ccc(/C(C)=N/C(C)=O)cc4)ccc2-3)C(CCCCCC)(CCCCCC)c2cc(-c3ccc(/C(C)=N/C(C)=O)cc3)ccc2-1. The Labute approximate surface area is 597 Å². The molecule has 6 heteroatoms. The molecule has 0 aliphatic heterocycles. The number of carbonyl (C=O) groups is 3. The van der Waals surface area contributed by atoms with Crippen LogP contribution in [0, 0.1) is 0 Å². The number of unbranched alkanes of at least 4 members (excludes halogenated alkanes) is 18. The van der Waals surface area contributed by atoms with E-state index in [1.807, 2.05) is 20.8 Å². The first-order valence-electron chi connectivity index (χ1n) is 39.2. The minimum Gasteiger partial charge on any atom is -0.273 e. The van der Waals surface area contributed by atoms with Crippen molar-refractivity contribution in [3.05, 3.63) is 177 Å². The molecule has 10 rings (SSSR count). The molecule has 0 N–H and O–H groups in total. The van der Waals surface area contributed by atoms with Crippen LogP contribution in [0.5, 0.6) is 0 Å². The average Bonchev–Trinajstić information content (AvgIpc) is 1.48. The summed E-state index contributed by atoms with van der Waals surface area (Å²) < 4.78 is 0. The molecule has 3 aliphatic rings. The lowest BCUT2D eigenvalue weighted by atomic mass is 9.63. The third-order valence-electron chi connectivity index (χ3n) is 23.0. The summed E-state index contributed by atoms with van der Waals surface area (Å²) in [6.07, 6.45) is 35.4. The van der Waals surface area contributed by atoms with E-state index in [1.165, 1.54) is 242 Å². The van der Waals surface area contributed by atoms with Crippen LogP contribution >= 0.6 is 0 Å². The van der Waals surface area contributed by atoms with E-state index in [-0.39, 0.29) is 34.0 Å². The van der Waals surface area contributed by atoms with Gasteiger partial charge in [0.05, 0.1) is 0 Å². The molecule has 3 aliphatic carbocycles. The zero-order chi connectivity index (χ0) is 70.3. The van der Waals surface area contributed by atoms with Crippen LogP contribution in [-0.4, -0.2) is 34.9 Å². The predicted octanol–water partition coefficient (Wildman–Crippen LogP) is 26.4. The van der Waals surface area contributed by atoms with Gasteiger partial charge >= 0.3 is 0 Å². The maximum absolute atomic E-state index is 12.3. The van der Waals surface area contributed by atoms with Gasteiger partial charge in [0.25, 0.3) is 0 Å². The summed E-state index contributed by atoms with van der Waals surface area (Å²) in [6, 6.07) is 50.0. The quantitative estimate of drug-likeness (QED) is 0.0290. The van der Waals surface area contributed by atoms with Gasteiger partial charge in [-0.25, -0.2) is 15.0 Å². The molecule has 99 heavy (non-hydrogen) atoms. The predicted molar refractivity (Wildman–Crippen MR) is 423 cm³/mol. The van der Waals surface area contributed by atoms with Crippen LogP contribution in [0.3, 0.4) is 0 Å².